The molecule has 3 aromatic rings. The van der Waals surface area contributed by atoms with Gasteiger partial charge in [0.2, 0.25) is 0 Å². The van der Waals surface area contributed by atoms with Crippen molar-refractivity contribution in [3.05, 3.63) is 77.4 Å². The summed E-state index contributed by atoms with van der Waals surface area (Å²) in [5, 5.41) is 24.1. The van der Waals surface area contributed by atoms with Gasteiger partial charge in [-0.1, -0.05) is 30.3 Å². The highest BCUT2D eigenvalue weighted by atomic mass is 19.2. The number of aliphatic hydroxyl groups excluding tert-OH is 1. The van der Waals surface area contributed by atoms with Crippen LogP contribution >= 0.6 is 0 Å². The first-order valence-electron chi connectivity index (χ1n) is 7.58. The SMILES string of the molecule is O=C(NC[C@@H](O)c1ccc(F)c(F)c1)c1cc2ccccc2cc1O. The predicted octanol–water partition coefficient (Wildman–Crippen LogP) is 3.29. The van der Waals surface area contributed by atoms with E-state index in [2.05, 4.69) is 5.32 Å². The van der Waals surface area contributed by atoms with E-state index in [9.17, 15) is 23.8 Å². The summed E-state index contributed by atoms with van der Waals surface area (Å²) in [6.45, 7) is -0.212. The van der Waals surface area contributed by atoms with Gasteiger partial charge in [-0.25, -0.2) is 8.78 Å². The lowest BCUT2D eigenvalue weighted by molar-refractivity contribution is 0.0913. The summed E-state index contributed by atoms with van der Waals surface area (Å²) in [6.07, 6.45) is -1.21. The normalized spacial score (nSPS) is 12.1. The summed E-state index contributed by atoms with van der Waals surface area (Å²) in [7, 11) is 0. The first-order valence-corrected chi connectivity index (χ1v) is 7.58. The van der Waals surface area contributed by atoms with E-state index >= 15 is 0 Å². The minimum Gasteiger partial charge on any atom is -0.507 e. The van der Waals surface area contributed by atoms with Crippen LogP contribution in [0, 0.1) is 11.6 Å². The molecular weight excluding hydrogens is 328 g/mol. The first kappa shape index (κ1) is 16.9. The Labute approximate surface area is 142 Å². The van der Waals surface area contributed by atoms with Gasteiger partial charge in [0.05, 0.1) is 11.7 Å². The molecule has 3 N–H and O–H groups in total. The summed E-state index contributed by atoms with van der Waals surface area (Å²) >= 11 is 0. The van der Waals surface area contributed by atoms with Crippen molar-refractivity contribution in [2.45, 2.75) is 6.10 Å². The zero-order chi connectivity index (χ0) is 18.0. The zero-order valence-electron chi connectivity index (χ0n) is 13.0. The van der Waals surface area contributed by atoms with Crippen molar-refractivity contribution in [1.82, 2.24) is 5.32 Å². The average molecular weight is 343 g/mol. The van der Waals surface area contributed by atoms with Gasteiger partial charge in [-0.3, -0.25) is 4.79 Å². The minimum atomic E-state index is -1.21. The van der Waals surface area contributed by atoms with Crippen LogP contribution in [0.25, 0.3) is 10.8 Å². The van der Waals surface area contributed by atoms with E-state index in [0.717, 1.165) is 22.9 Å². The molecule has 6 heteroatoms. The maximum absolute atomic E-state index is 13.2. The number of hydrogen-bond acceptors (Lipinski definition) is 3. The Balaban J connectivity index is 1.74. The van der Waals surface area contributed by atoms with Crippen LogP contribution in [0.3, 0.4) is 0 Å². The fraction of sp³-hybridized carbons (Fsp3) is 0.105. The highest BCUT2D eigenvalue weighted by molar-refractivity contribution is 6.01. The van der Waals surface area contributed by atoms with Gasteiger partial charge in [0.15, 0.2) is 11.6 Å². The third-order valence-corrected chi connectivity index (χ3v) is 3.89. The van der Waals surface area contributed by atoms with Crippen molar-refractivity contribution in [2.75, 3.05) is 6.54 Å². The Hall–Kier alpha value is -2.99. The molecule has 0 saturated carbocycles. The second-order valence-electron chi connectivity index (χ2n) is 5.62. The molecule has 0 aliphatic rings. The Morgan fingerprint density at radius 3 is 2.36 bits per heavy atom. The molecule has 1 atom stereocenters. The number of phenols is 1. The van der Waals surface area contributed by atoms with E-state index in [0.29, 0.717) is 0 Å². The number of fused-ring (bicyclic) bond motifs is 1. The molecule has 0 saturated heterocycles. The lowest BCUT2D eigenvalue weighted by Gasteiger charge is -2.13. The van der Waals surface area contributed by atoms with E-state index in [-0.39, 0.29) is 23.4 Å². The van der Waals surface area contributed by atoms with Crippen molar-refractivity contribution >= 4 is 16.7 Å². The maximum Gasteiger partial charge on any atom is 0.255 e. The molecular formula is C19H15F2NO3. The smallest absolute Gasteiger partial charge is 0.255 e. The van der Waals surface area contributed by atoms with Crippen LogP contribution < -0.4 is 5.32 Å². The number of phenolic OH excluding ortho intramolecular Hbond substituents is 1. The molecule has 128 valence electrons. The molecule has 0 fully saturated rings. The first-order chi connectivity index (χ1) is 12.0. The van der Waals surface area contributed by atoms with Gasteiger partial charge in [0.25, 0.3) is 5.91 Å². The van der Waals surface area contributed by atoms with Gasteiger partial charge in [-0.2, -0.15) is 0 Å². The van der Waals surface area contributed by atoms with E-state index < -0.39 is 23.6 Å². The zero-order valence-corrected chi connectivity index (χ0v) is 13.0. The lowest BCUT2D eigenvalue weighted by atomic mass is 10.0. The Kier molecular flexibility index (Phi) is 4.63. The molecule has 4 nitrogen and oxygen atoms in total. The fourth-order valence-electron chi connectivity index (χ4n) is 2.53. The molecule has 0 heterocycles. The van der Waals surface area contributed by atoms with Gasteiger partial charge in [0, 0.05) is 6.54 Å². The molecule has 0 radical (unpaired) electrons. The Bertz CT molecular complexity index is 943. The number of carbonyl (C=O) groups excluding carboxylic acids is 1. The van der Waals surface area contributed by atoms with Crippen molar-refractivity contribution < 1.29 is 23.8 Å². The largest absolute Gasteiger partial charge is 0.507 e. The third kappa shape index (κ3) is 3.59. The Morgan fingerprint density at radius 2 is 1.68 bits per heavy atom. The van der Waals surface area contributed by atoms with Crippen LogP contribution in [0.1, 0.15) is 22.0 Å². The second-order valence-corrected chi connectivity index (χ2v) is 5.62. The van der Waals surface area contributed by atoms with E-state index in [1.807, 2.05) is 24.3 Å². The van der Waals surface area contributed by atoms with Crippen molar-refractivity contribution in [2.24, 2.45) is 0 Å². The fourth-order valence-corrected chi connectivity index (χ4v) is 2.53. The summed E-state index contributed by atoms with van der Waals surface area (Å²) < 4.78 is 26.1. The molecule has 1 amide bonds. The molecule has 0 unspecified atom stereocenters. The number of nitrogens with one attached hydrogen (secondary N) is 1. The number of aromatic hydroxyl groups is 1. The number of hydrogen-bond donors (Lipinski definition) is 3. The van der Waals surface area contributed by atoms with Crippen LogP contribution in [0.2, 0.25) is 0 Å². The van der Waals surface area contributed by atoms with Crippen LogP contribution in [-0.4, -0.2) is 22.7 Å². The van der Waals surface area contributed by atoms with E-state index in [4.69, 9.17) is 0 Å². The molecule has 25 heavy (non-hydrogen) atoms. The second kappa shape index (κ2) is 6.86. The molecule has 0 aliphatic heterocycles. The summed E-state index contributed by atoms with van der Waals surface area (Å²) in [4.78, 5) is 12.2. The van der Waals surface area contributed by atoms with Gasteiger partial charge in [-0.15, -0.1) is 0 Å². The predicted molar refractivity (Wildman–Crippen MR) is 89.3 cm³/mol. The quantitative estimate of drug-likeness (QED) is 0.681. The van der Waals surface area contributed by atoms with E-state index in [1.165, 1.54) is 12.1 Å². The lowest BCUT2D eigenvalue weighted by Crippen LogP contribution is -2.28. The van der Waals surface area contributed by atoms with Crippen LogP contribution in [0.5, 0.6) is 5.75 Å². The third-order valence-electron chi connectivity index (χ3n) is 3.89. The summed E-state index contributed by atoms with van der Waals surface area (Å²) in [5.41, 5.74) is 0.207. The monoisotopic (exact) mass is 343 g/mol. The van der Waals surface area contributed by atoms with Crippen LogP contribution in [0.15, 0.2) is 54.6 Å². The van der Waals surface area contributed by atoms with Crippen molar-refractivity contribution in [3.8, 4) is 5.75 Å². The highest BCUT2D eigenvalue weighted by Crippen LogP contribution is 2.25. The topological polar surface area (TPSA) is 69.6 Å². The molecule has 0 aliphatic carbocycles. The van der Waals surface area contributed by atoms with Gasteiger partial charge in [0.1, 0.15) is 5.75 Å². The summed E-state index contributed by atoms with van der Waals surface area (Å²) in [6, 6.07) is 13.3. The number of benzene rings is 3. The molecule has 3 aromatic carbocycles. The molecule has 0 bridgehead atoms. The highest BCUT2D eigenvalue weighted by Gasteiger charge is 2.16. The molecule has 3 rings (SSSR count). The van der Waals surface area contributed by atoms with Gasteiger partial charge < -0.3 is 15.5 Å². The number of rotatable bonds is 4. The number of halogens is 2. The Morgan fingerprint density at radius 1 is 1.00 bits per heavy atom. The van der Waals surface area contributed by atoms with Crippen molar-refractivity contribution in [3.63, 3.8) is 0 Å². The number of amides is 1. The van der Waals surface area contributed by atoms with Gasteiger partial charge >= 0.3 is 0 Å². The molecule has 0 spiro atoms. The van der Waals surface area contributed by atoms with Crippen LogP contribution in [0.4, 0.5) is 8.78 Å². The molecule has 0 aromatic heterocycles. The summed E-state index contributed by atoms with van der Waals surface area (Å²) in [5.74, 6) is -2.85. The number of carbonyl (C=O) groups is 1. The van der Waals surface area contributed by atoms with Crippen molar-refractivity contribution in [1.29, 1.82) is 0 Å². The average Bonchev–Trinajstić information content (AvgIpc) is 2.61. The standard InChI is InChI=1S/C19H15F2NO3/c20-15-6-5-13(8-16(15)21)18(24)10-22-19(25)14-7-11-3-1-2-4-12(11)9-17(14)23/h1-9,18,23-24H,10H2,(H,22,25)/t18-/m1/s1. The van der Waals surface area contributed by atoms with Crippen LogP contribution in [-0.2, 0) is 0 Å². The van der Waals surface area contributed by atoms with Gasteiger partial charge in [-0.05, 0) is 40.6 Å². The van der Waals surface area contributed by atoms with E-state index in [1.54, 1.807) is 6.07 Å². The number of aliphatic hydroxyl groups is 1. The minimum absolute atomic E-state index is 0.0659. The maximum atomic E-state index is 13.2.